The van der Waals surface area contributed by atoms with Crippen LogP contribution in [0, 0.1) is 12.7 Å². The molecule has 4 heteroatoms. The Balaban J connectivity index is 2.88. The molecule has 16 heavy (non-hydrogen) atoms. The second kappa shape index (κ2) is 3.72. The largest absolute Gasteiger partial charge is 0.324 e. The van der Waals surface area contributed by atoms with Gasteiger partial charge in [0.1, 0.15) is 5.82 Å². The van der Waals surface area contributed by atoms with Gasteiger partial charge in [-0.1, -0.05) is 0 Å². The Morgan fingerprint density at radius 1 is 1.44 bits per heavy atom. The van der Waals surface area contributed by atoms with Crippen molar-refractivity contribution in [3.05, 3.63) is 51.7 Å². The molecule has 2 rings (SSSR count). The molecule has 2 aromatic heterocycles. The molecule has 0 saturated carbocycles. The first-order valence-corrected chi connectivity index (χ1v) is 5.07. The minimum Gasteiger partial charge on any atom is -0.324 e. The third-order valence-electron chi connectivity index (χ3n) is 2.71. The van der Waals surface area contributed by atoms with Gasteiger partial charge in [0.15, 0.2) is 0 Å². The van der Waals surface area contributed by atoms with Gasteiger partial charge in [-0.3, -0.25) is 9.20 Å². The number of nitrogens with two attached hydrogens (primary N) is 1. The van der Waals surface area contributed by atoms with Gasteiger partial charge < -0.3 is 5.73 Å². The molecule has 2 heterocycles. The van der Waals surface area contributed by atoms with E-state index in [0.29, 0.717) is 11.1 Å². The Morgan fingerprint density at radius 3 is 2.75 bits per heavy atom. The highest BCUT2D eigenvalue weighted by Gasteiger charge is 2.10. The maximum Gasteiger partial charge on any atom is 0.258 e. The van der Waals surface area contributed by atoms with Gasteiger partial charge in [-0.2, -0.15) is 0 Å². The van der Waals surface area contributed by atoms with Crippen LogP contribution in [0.4, 0.5) is 4.39 Å². The molecule has 0 aliphatic carbocycles. The van der Waals surface area contributed by atoms with Crippen molar-refractivity contribution in [2.24, 2.45) is 5.73 Å². The van der Waals surface area contributed by atoms with Crippen LogP contribution in [0.3, 0.4) is 0 Å². The molecule has 0 bridgehead atoms. The lowest BCUT2D eigenvalue weighted by Gasteiger charge is -2.11. The van der Waals surface area contributed by atoms with Crippen LogP contribution in [-0.4, -0.2) is 4.40 Å². The lowest BCUT2D eigenvalue weighted by atomic mass is 10.0. The highest BCUT2D eigenvalue weighted by molar-refractivity contribution is 5.51. The SMILES string of the molecule is Cc1c([C@H](C)N)cc2ccc(F)cn2c1=O. The van der Waals surface area contributed by atoms with Crippen molar-refractivity contribution < 1.29 is 4.39 Å². The van der Waals surface area contributed by atoms with Crippen LogP contribution < -0.4 is 11.3 Å². The number of hydrogen-bond donors (Lipinski definition) is 1. The van der Waals surface area contributed by atoms with Gasteiger partial charge in [0.2, 0.25) is 0 Å². The molecule has 0 aliphatic rings. The Kier molecular flexibility index (Phi) is 2.52. The van der Waals surface area contributed by atoms with Gasteiger partial charge >= 0.3 is 0 Å². The average Bonchev–Trinajstić information content (AvgIpc) is 2.23. The quantitative estimate of drug-likeness (QED) is 0.796. The van der Waals surface area contributed by atoms with E-state index in [-0.39, 0.29) is 11.6 Å². The summed E-state index contributed by atoms with van der Waals surface area (Å²) in [6.07, 6.45) is 1.19. The fraction of sp³-hybridized carbons (Fsp3) is 0.250. The molecule has 2 aromatic rings. The number of hydrogen-bond acceptors (Lipinski definition) is 2. The predicted octanol–water partition coefficient (Wildman–Crippen LogP) is 1.77. The zero-order valence-electron chi connectivity index (χ0n) is 9.20. The smallest absolute Gasteiger partial charge is 0.258 e. The maximum atomic E-state index is 13.0. The van der Waals surface area contributed by atoms with E-state index in [1.54, 1.807) is 13.0 Å². The van der Waals surface area contributed by atoms with Crippen LogP contribution in [0.5, 0.6) is 0 Å². The second-order valence-electron chi connectivity index (χ2n) is 3.96. The molecular weight excluding hydrogens is 207 g/mol. The number of halogens is 1. The van der Waals surface area contributed by atoms with Crippen LogP contribution in [0.15, 0.2) is 29.2 Å². The Labute approximate surface area is 92.3 Å². The van der Waals surface area contributed by atoms with Crippen molar-refractivity contribution in [3.8, 4) is 0 Å². The number of fused-ring (bicyclic) bond motifs is 1. The Hall–Kier alpha value is -1.68. The van der Waals surface area contributed by atoms with Crippen LogP contribution >= 0.6 is 0 Å². The molecule has 1 atom stereocenters. The summed E-state index contributed by atoms with van der Waals surface area (Å²) in [7, 11) is 0. The monoisotopic (exact) mass is 220 g/mol. The summed E-state index contributed by atoms with van der Waals surface area (Å²) in [6.45, 7) is 3.53. The predicted molar refractivity (Wildman–Crippen MR) is 61.0 cm³/mol. The summed E-state index contributed by atoms with van der Waals surface area (Å²) in [5.41, 5.74) is 7.59. The van der Waals surface area contributed by atoms with Crippen LogP contribution in [0.2, 0.25) is 0 Å². The number of nitrogens with zero attached hydrogens (tertiary/aromatic N) is 1. The third kappa shape index (κ3) is 1.61. The zero-order valence-corrected chi connectivity index (χ0v) is 9.20. The molecule has 0 fully saturated rings. The Bertz CT molecular complexity index is 602. The van der Waals surface area contributed by atoms with Crippen molar-refractivity contribution >= 4 is 5.52 Å². The second-order valence-corrected chi connectivity index (χ2v) is 3.96. The van der Waals surface area contributed by atoms with Gasteiger partial charge in [0, 0.05) is 23.3 Å². The van der Waals surface area contributed by atoms with E-state index in [1.165, 1.54) is 16.7 Å². The van der Waals surface area contributed by atoms with E-state index < -0.39 is 5.82 Å². The topological polar surface area (TPSA) is 47.5 Å². The summed E-state index contributed by atoms with van der Waals surface area (Å²) < 4.78 is 14.3. The van der Waals surface area contributed by atoms with Crippen molar-refractivity contribution in [2.75, 3.05) is 0 Å². The fourth-order valence-corrected chi connectivity index (χ4v) is 1.82. The number of pyridine rings is 2. The molecule has 84 valence electrons. The van der Waals surface area contributed by atoms with E-state index in [4.69, 9.17) is 5.73 Å². The third-order valence-corrected chi connectivity index (χ3v) is 2.71. The van der Waals surface area contributed by atoms with Gasteiger partial charge in [-0.05, 0) is 37.6 Å². The van der Waals surface area contributed by atoms with Crippen LogP contribution in [0.25, 0.3) is 5.52 Å². The first kappa shape index (κ1) is 10.8. The molecule has 0 unspecified atom stereocenters. The van der Waals surface area contributed by atoms with Crippen molar-refractivity contribution in [1.82, 2.24) is 4.40 Å². The number of rotatable bonds is 1. The minimum atomic E-state index is -0.428. The summed E-state index contributed by atoms with van der Waals surface area (Å²) in [6, 6.07) is 4.51. The van der Waals surface area contributed by atoms with E-state index in [1.807, 2.05) is 13.0 Å². The van der Waals surface area contributed by atoms with E-state index in [2.05, 4.69) is 0 Å². The van der Waals surface area contributed by atoms with Crippen molar-refractivity contribution in [2.45, 2.75) is 19.9 Å². The van der Waals surface area contributed by atoms with Crippen LogP contribution in [-0.2, 0) is 0 Å². The van der Waals surface area contributed by atoms with E-state index in [0.717, 1.165) is 5.56 Å². The lowest BCUT2D eigenvalue weighted by molar-refractivity contribution is 0.617. The van der Waals surface area contributed by atoms with Gasteiger partial charge in [0.05, 0.1) is 0 Å². The highest BCUT2D eigenvalue weighted by atomic mass is 19.1. The van der Waals surface area contributed by atoms with E-state index >= 15 is 0 Å². The van der Waals surface area contributed by atoms with Gasteiger partial charge in [0.25, 0.3) is 5.56 Å². The summed E-state index contributed by atoms with van der Waals surface area (Å²) in [4.78, 5) is 11.9. The van der Waals surface area contributed by atoms with Gasteiger partial charge in [-0.25, -0.2) is 4.39 Å². The molecule has 0 aliphatic heterocycles. The highest BCUT2D eigenvalue weighted by Crippen LogP contribution is 2.15. The summed E-state index contributed by atoms with van der Waals surface area (Å²) in [5.74, 6) is -0.428. The van der Waals surface area contributed by atoms with Crippen LogP contribution in [0.1, 0.15) is 24.1 Å². The fourth-order valence-electron chi connectivity index (χ4n) is 1.82. The standard InChI is InChI=1S/C12H13FN2O/c1-7-11(8(2)14)5-10-4-3-9(13)6-15(10)12(7)16/h3-6,8H,14H2,1-2H3/t8-/m0/s1. The maximum absolute atomic E-state index is 13.0. The van der Waals surface area contributed by atoms with Crippen molar-refractivity contribution in [1.29, 1.82) is 0 Å². The van der Waals surface area contributed by atoms with Crippen molar-refractivity contribution in [3.63, 3.8) is 0 Å². The minimum absolute atomic E-state index is 0.206. The first-order chi connectivity index (χ1) is 7.50. The summed E-state index contributed by atoms with van der Waals surface area (Å²) >= 11 is 0. The Morgan fingerprint density at radius 2 is 2.12 bits per heavy atom. The first-order valence-electron chi connectivity index (χ1n) is 5.07. The molecule has 0 amide bonds. The zero-order chi connectivity index (χ0) is 11.9. The average molecular weight is 220 g/mol. The molecular formula is C12H13FN2O. The molecule has 0 spiro atoms. The lowest BCUT2D eigenvalue weighted by Crippen LogP contribution is -2.21. The normalized spacial score (nSPS) is 13.0. The molecule has 0 radical (unpaired) electrons. The van der Waals surface area contributed by atoms with Gasteiger partial charge in [-0.15, -0.1) is 0 Å². The summed E-state index contributed by atoms with van der Waals surface area (Å²) in [5, 5.41) is 0. The van der Waals surface area contributed by atoms with E-state index in [9.17, 15) is 9.18 Å². The molecule has 2 N–H and O–H groups in total. The molecule has 0 aromatic carbocycles. The molecule has 0 saturated heterocycles. The number of aromatic nitrogens is 1. The molecule has 3 nitrogen and oxygen atoms in total.